The molecule has 1 aromatic heterocycles. The van der Waals surface area contributed by atoms with Crippen molar-refractivity contribution in [2.75, 3.05) is 25.7 Å². The number of benzene rings is 3. The van der Waals surface area contributed by atoms with E-state index in [0.717, 1.165) is 22.5 Å². The van der Waals surface area contributed by atoms with Crippen LogP contribution >= 0.6 is 0 Å². The maximum atomic E-state index is 13.2. The third-order valence-electron chi connectivity index (χ3n) is 6.46. The van der Waals surface area contributed by atoms with Crippen molar-refractivity contribution in [1.82, 2.24) is 9.55 Å². The normalized spacial score (nSPS) is 16.9. The van der Waals surface area contributed by atoms with Crippen LogP contribution in [0.4, 0.5) is 5.69 Å². The average molecular weight is 442 g/mol. The molecule has 4 aromatic rings. The molecule has 0 radical (unpaired) electrons. The van der Waals surface area contributed by atoms with Crippen molar-refractivity contribution in [2.24, 2.45) is 0 Å². The standard InChI is InChI=1S/C27H27N3O3/c1-18(19-9-5-4-6-10-19)30-23-12-8-7-11-22(23)28-27(30)20-15-26(31)29(17-20)24-16-21(32-2)13-14-25(24)33-3/h4-14,16,18,20H,15,17H2,1-3H3/t18-,20+/m0/s1. The van der Waals surface area contributed by atoms with Crippen molar-refractivity contribution in [3.05, 3.63) is 84.2 Å². The van der Waals surface area contributed by atoms with Crippen LogP contribution in [-0.4, -0.2) is 36.2 Å². The highest BCUT2D eigenvalue weighted by Gasteiger charge is 2.37. The first-order valence-electron chi connectivity index (χ1n) is 11.1. The minimum absolute atomic E-state index is 0.0352. The molecule has 1 saturated heterocycles. The average Bonchev–Trinajstić information content (AvgIpc) is 3.44. The summed E-state index contributed by atoms with van der Waals surface area (Å²) < 4.78 is 13.2. The smallest absolute Gasteiger partial charge is 0.227 e. The zero-order chi connectivity index (χ0) is 22.9. The Kier molecular flexibility index (Phi) is 5.50. The van der Waals surface area contributed by atoms with Gasteiger partial charge in [0, 0.05) is 24.9 Å². The lowest BCUT2D eigenvalue weighted by atomic mass is 10.0. The lowest BCUT2D eigenvalue weighted by Crippen LogP contribution is -2.25. The molecule has 33 heavy (non-hydrogen) atoms. The van der Waals surface area contributed by atoms with Crippen LogP contribution in [-0.2, 0) is 4.79 Å². The van der Waals surface area contributed by atoms with Crippen molar-refractivity contribution in [2.45, 2.75) is 25.3 Å². The first-order valence-corrected chi connectivity index (χ1v) is 11.1. The highest BCUT2D eigenvalue weighted by Crippen LogP contribution is 2.40. The van der Waals surface area contributed by atoms with E-state index < -0.39 is 0 Å². The van der Waals surface area contributed by atoms with Gasteiger partial charge in [-0.3, -0.25) is 4.79 Å². The molecular formula is C27H27N3O3. The number of para-hydroxylation sites is 2. The lowest BCUT2D eigenvalue weighted by molar-refractivity contribution is -0.117. The summed E-state index contributed by atoms with van der Waals surface area (Å²) in [6.45, 7) is 2.72. The number of aromatic nitrogens is 2. The van der Waals surface area contributed by atoms with Gasteiger partial charge < -0.3 is 18.9 Å². The zero-order valence-corrected chi connectivity index (χ0v) is 19.1. The van der Waals surface area contributed by atoms with E-state index in [4.69, 9.17) is 14.5 Å². The van der Waals surface area contributed by atoms with Crippen LogP contribution in [0.1, 0.15) is 36.7 Å². The molecule has 168 valence electrons. The fourth-order valence-corrected chi connectivity index (χ4v) is 4.76. The van der Waals surface area contributed by atoms with Gasteiger partial charge in [-0.05, 0) is 36.8 Å². The lowest BCUT2D eigenvalue weighted by Gasteiger charge is -2.22. The summed E-state index contributed by atoms with van der Waals surface area (Å²) in [5, 5.41) is 0. The molecule has 6 heteroatoms. The SMILES string of the molecule is COc1ccc(OC)c(N2C[C@H](c3nc4ccccc4n3[C@@H](C)c3ccccc3)CC2=O)c1. The second-order valence-electron chi connectivity index (χ2n) is 8.36. The Morgan fingerprint density at radius 3 is 2.48 bits per heavy atom. The van der Waals surface area contributed by atoms with Gasteiger partial charge in [-0.25, -0.2) is 4.98 Å². The largest absolute Gasteiger partial charge is 0.497 e. The Morgan fingerprint density at radius 1 is 0.970 bits per heavy atom. The number of carbonyl (C=O) groups excluding carboxylic acids is 1. The maximum Gasteiger partial charge on any atom is 0.227 e. The fraction of sp³-hybridized carbons (Fsp3) is 0.259. The van der Waals surface area contributed by atoms with Crippen LogP contribution in [0.3, 0.4) is 0 Å². The molecule has 0 aliphatic carbocycles. The van der Waals surface area contributed by atoms with E-state index in [1.54, 1.807) is 19.1 Å². The molecule has 0 saturated carbocycles. The van der Waals surface area contributed by atoms with Gasteiger partial charge in [0.2, 0.25) is 5.91 Å². The summed E-state index contributed by atoms with van der Waals surface area (Å²) >= 11 is 0. The van der Waals surface area contributed by atoms with Crippen molar-refractivity contribution in [3.8, 4) is 11.5 Å². The van der Waals surface area contributed by atoms with Crippen LogP contribution in [0.5, 0.6) is 11.5 Å². The van der Waals surface area contributed by atoms with E-state index in [-0.39, 0.29) is 17.9 Å². The molecule has 2 heterocycles. The van der Waals surface area contributed by atoms with Gasteiger partial charge in [0.05, 0.1) is 37.0 Å². The van der Waals surface area contributed by atoms with Crippen LogP contribution in [0, 0.1) is 0 Å². The molecule has 1 aliphatic rings. The van der Waals surface area contributed by atoms with Crippen LogP contribution in [0.15, 0.2) is 72.8 Å². The molecule has 0 spiro atoms. The molecule has 1 fully saturated rings. The number of methoxy groups -OCH3 is 2. The fourth-order valence-electron chi connectivity index (χ4n) is 4.76. The summed E-state index contributed by atoms with van der Waals surface area (Å²) in [6.07, 6.45) is 0.394. The molecule has 5 rings (SSSR count). The number of hydrogen-bond acceptors (Lipinski definition) is 4. The molecule has 2 atom stereocenters. The Hall–Kier alpha value is -3.80. The maximum absolute atomic E-state index is 13.2. The molecule has 0 unspecified atom stereocenters. The number of fused-ring (bicyclic) bond motifs is 1. The zero-order valence-electron chi connectivity index (χ0n) is 19.1. The van der Waals surface area contributed by atoms with E-state index in [0.29, 0.717) is 24.5 Å². The first-order chi connectivity index (χ1) is 16.1. The third-order valence-corrected chi connectivity index (χ3v) is 6.46. The minimum Gasteiger partial charge on any atom is -0.497 e. The minimum atomic E-state index is -0.0352. The molecule has 1 aliphatic heterocycles. The van der Waals surface area contributed by atoms with Crippen molar-refractivity contribution in [1.29, 1.82) is 0 Å². The topological polar surface area (TPSA) is 56.6 Å². The van der Waals surface area contributed by atoms with E-state index >= 15 is 0 Å². The van der Waals surface area contributed by atoms with Crippen LogP contribution < -0.4 is 14.4 Å². The van der Waals surface area contributed by atoms with Gasteiger partial charge >= 0.3 is 0 Å². The molecule has 0 N–H and O–H groups in total. The van der Waals surface area contributed by atoms with Crippen LogP contribution in [0.25, 0.3) is 11.0 Å². The predicted molar refractivity (Wildman–Crippen MR) is 129 cm³/mol. The molecule has 1 amide bonds. The van der Waals surface area contributed by atoms with Crippen molar-refractivity contribution >= 4 is 22.6 Å². The summed E-state index contributed by atoms with van der Waals surface area (Å²) in [5.74, 6) is 2.29. The quantitative estimate of drug-likeness (QED) is 0.414. The van der Waals surface area contributed by atoms with Crippen LogP contribution in [0.2, 0.25) is 0 Å². The second kappa shape index (κ2) is 8.62. The molecule has 6 nitrogen and oxygen atoms in total. The second-order valence-corrected chi connectivity index (χ2v) is 8.36. The number of ether oxygens (including phenoxy) is 2. The monoisotopic (exact) mass is 441 g/mol. The Balaban J connectivity index is 1.57. The van der Waals surface area contributed by atoms with Gasteiger partial charge in [0.1, 0.15) is 17.3 Å². The summed E-state index contributed by atoms with van der Waals surface area (Å²) in [7, 11) is 3.23. The Bertz CT molecular complexity index is 1300. The number of rotatable bonds is 6. The molecule has 3 aromatic carbocycles. The number of imidazole rings is 1. The van der Waals surface area contributed by atoms with E-state index in [2.05, 4.69) is 41.8 Å². The number of anilines is 1. The highest BCUT2D eigenvalue weighted by molar-refractivity contribution is 5.98. The number of hydrogen-bond donors (Lipinski definition) is 0. The Labute approximate surface area is 193 Å². The van der Waals surface area contributed by atoms with Gasteiger partial charge in [0.15, 0.2) is 0 Å². The molecular weight excluding hydrogens is 414 g/mol. The van der Waals surface area contributed by atoms with Gasteiger partial charge in [0.25, 0.3) is 0 Å². The summed E-state index contributed by atoms with van der Waals surface area (Å²) in [6, 6.07) is 24.2. The van der Waals surface area contributed by atoms with Crippen molar-refractivity contribution < 1.29 is 14.3 Å². The van der Waals surface area contributed by atoms with Gasteiger partial charge in [-0.1, -0.05) is 42.5 Å². The Morgan fingerprint density at radius 2 is 1.73 bits per heavy atom. The van der Waals surface area contributed by atoms with E-state index in [9.17, 15) is 4.79 Å². The highest BCUT2D eigenvalue weighted by atomic mass is 16.5. The summed E-state index contributed by atoms with van der Waals surface area (Å²) in [5.41, 5.74) is 3.95. The van der Waals surface area contributed by atoms with Crippen molar-refractivity contribution in [3.63, 3.8) is 0 Å². The number of amides is 1. The molecule has 0 bridgehead atoms. The summed E-state index contributed by atoms with van der Waals surface area (Å²) in [4.78, 5) is 20.0. The number of carbonyl (C=O) groups is 1. The van der Waals surface area contributed by atoms with E-state index in [1.807, 2.05) is 42.5 Å². The third kappa shape index (κ3) is 3.71. The number of nitrogens with zero attached hydrogens (tertiary/aromatic N) is 3. The van der Waals surface area contributed by atoms with Gasteiger partial charge in [-0.15, -0.1) is 0 Å². The van der Waals surface area contributed by atoms with Gasteiger partial charge in [-0.2, -0.15) is 0 Å². The predicted octanol–water partition coefficient (Wildman–Crippen LogP) is 5.18. The first kappa shape index (κ1) is 21.1. The van der Waals surface area contributed by atoms with E-state index in [1.165, 1.54) is 5.56 Å².